The summed E-state index contributed by atoms with van der Waals surface area (Å²) in [5.41, 5.74) is 1.64. The molecule has 1 N–H and O–H groups in total. The van der Waals surface area contributed by atoms with Gasteiger partial charge >= 0.3 is 6.03 Å². The SMILES string of the molecule is COc1ccc2c(c1)NC(=O)N(c1ccc(SC)cc1)S2. The maximum Gasteiger partial charge on any atom is 0.336 e. The van der Waals surface area contributed by atoms with Crippen LogP contribution in [0.2, 0.25) is 0 Å². The van der Waals surface area contributed by atoms with Gasteiger partial charge in [-0.25, -0.2) is 9.10 Å². The Labute approximate surface area is 132 Å². The molecule has 0 atom stereocenters. The van der Waals surface area contributed by atoms with Crippen molar-refractivity contribution in [1.82, 2.24) is 0 Å². The van der Waals surface area contributed by atoms with Crippen LogP contribution in [-0.2, 0) is 0 Å². The molecular formula is C15H14N2O2S2. The highest BCUT2D eigenvalue weighted by Crippen LogP contribution is 2.40. The third-order valence-electron chi connectivity index (χ3n) is 3.11. The van der Waals surface area contributed by atoms with Crippen molar-refractivity contribution in [3.8, 4) is 5.75 Å². The monoisotopic (exact) mass is 318 g/mol. The Bertz CT molecular complexity index is 674. The van der Waals surface area contributed by atoms with Crippen molar-refractivity contribution in [1.29, 1.82) is 0 Å². The lowest BCUT2D eigenvalue weighted by atomic mass is 10.3. The van der Waals surface area contributed by atoms with E-state index in [4.69, 9.17) is 4.74 Å². The number of carbonyl (C=O) groups is 1. The number of benzene rings is 2. The second-order valence-electron chi connectivity index (χ2n) is 4.38. The van der Waals surface area contributed by atoms with E-state index in [9.17, 15) is 4.79 Å². The Morgan fingerprint density at radius 1 is 1.19 bits per heavy atom. The number of ether oxygens (including phenoxy) is 1. The van der Waals surface area contributed by atoms with Crippen LogP contribution in [0, 0.1) is 0 Å². The molecule has 1 aliphatic heterocycles. The lowest BCUT2D eigenvalue weighted by Crippen LogP contribution is -2.32. The Morgan fingerprint density at radius 3 is 2.62 bits per heavy atom. The standard InChI is InChI=1S/C15H14N2O2S2/c1-19-11-5-8-14-13(9-11)16-15(18)17(21-14)10-3-6-12(20-2)7-4-10/h3-9H,1-2H3,(H,16,18). The van der Waals surface area contributed by atoms with E-state index in [1.54, 1.807) is 23.2 Å². The Morgan fingerprint density at radius 2 is 1.95 bits per heavy atom. The van der Waals surface area contributed by atoms with Crippen molar-refractivity contribution in [2.75, 3.05) is 23.0 Å². The average molecular weight is 318 g/mol. The van der Waals surface area contributed by atoms with Gasteiger partial charge in [0.25, 0.3) is 0 Å². The molecule has 0 saturated carbocycles. The molecule has 0 spiro atoms. The highest BCUT2D eigenvalue weighted by atomic mass is 32.2. The van der Waals surface area contributed by atoms with Crippen LogP contribution in [0.15, 0.2) is 52.3 Å². The third-order valence-corrected chi connectivity index (χ3v) is 4.96. The molecule has 108 valence electrons. The van der Waals surface area contributed by atoms with Gasteiger partial charge in [-0.2, -0.15) is 0 Å². The molecule has 0 radical (unpaired) electrons. The first-order valence-electron chi connectivity index (χ1n) is 6.32. The van der Waals surface area contributed by atoms with Crippen LogP contribution >= 0.6 is 23.7 Å². The van der Waals surface area contributed by atoms with E-state index in [0.29, 0.717) is 0 Å². The number of carbonyl (C=O) groups excluding carboxylic acids is 1. The molecule has 0 unspecified atom stereocenters. The van der Waals surface area contributed by atoms with Crippen molar-refractivity contribution >= 4 is 41.1 Å². The zero-order chi connectivity index (χ0) is 14.8. The summed E-state index contributed by atoms with van der Waals surface area (Å²) in [7, 11) is 1.61. The van der Waals surface area contributed by atoms with Gasteiger partial charge in [0.2, 0.25) is 0 Å². The number of urea groups is 1. The quantitative estimate of drug-likeness (QED) is 0.669. The van der Waals surface area contributed by atoms with Crippen LogP contribution in [0.5, 0.6) is 5.75 Å². The van der Waals surface area contributed by atoms with E-state index < -0.39 is 0 Å². The van der Waals surface area contributed by atoms with E-state index in [1.165, 1.54) is 16.8 Å². The molecule has 0 aliphatic carbocycles. The van der Waals surface area contributed by atoms with Gasteiger partial charge < -0.3 is 10.1 Å². The number of rotatable bonds is 3. The van der Waals surface area contributed by atoms with Crippen molar-refractivity contribution in [2.24, 2.45) is 0 Å². The minimum Gasteiger partial charge on any atom is -0.497 e. The fourth-order valence-electron chi connectivity index (χ4n) is 2.01. The summed E-state index contributed by atoms with van der Waals surface area (Å²) in [5, 5.41) is 2.89. The molecule has 2 aromatic rings. The topological polar surface area (TPSA) is 41.6 Å². The number of hydrogen-bond donors (Lipinski definition) is 1. The third kappa shape index (κ3) is 2.82. The molecule has 2 amide bonds. The number of anilines is 2. The fourth-order valence-corrected chi connectivity index (χ4v) is 3.30. The largest absolute Gasteiger partial charge is 0.497 e. The molecule has 2 aromatic carbocycles. The number of nitrogens with zero attached hydrogens (tertiary/aromatic N) is 1. The summed E-state index contributed by atoms with van der Waals surface area (Å²) in [6, 6.07) is 13.4. The van der Waals surface area contributed by atoms with E-state index in [0.717, 1.165) is 22.0 Å². The first kappa shape index (κ1) is 14.2. The van der Waals surface area contributed by atoms with Gasteiger partial charge in [-0.1, -0.05) is 0 Å². The molecule has 21 heavy (non-hydrogen) atoms. The Kier molecular flexibility index (Phi) is 3.98. The first-order chi connectivity index (χ1) is 10.2. The number of methoxy groups -OCH3 is 1. The van der Waals surface area contributed by atoms with Crippen LogP contribution in [-0.4, -0.2) is 19.4 Å². The Balaban J connectivity index is 1.89. The van der Waals surface area contributed by atoms with Crippen LogP contribution in [0.3, 0.4) is 0 Å². The molecule has 0 bridgehead atoms. The zero-order valence-corrected chi connectivity index (χ0v) is 13.3. The van der Waals surface area contributed by atoms with Crippen LogP contribution < -0.4 is 14.4 Å². The van der Waals surface area contributed by atoms with E-state index in [1.807, 2.05) is 48.7 Å². The molecule has 0 fully saturated rings. The summed E-state index contributed by atoms with van der Waals surface area (Å²) in [5.74, 6) is 0.729. The minimum atomic E-state index is -0.155. The van der Waals surface area contributed by atoms with Gasteiger partial charge in [0, 0.05) is 11.0 Å². The minimum absolute atomic E-state index is 0.155. The van der Waals surface area contributed by atoms with E-state index in [-0.39, 0.29) is 6.03 Å². The normalized spacial score (nSPS) is 13.6. The lowest BCUT2D eigenvalue weighted by molar-refractivity contribution is 0.260. The summed E-state index contributed by atoms with van der Waals surface area (Å²) in [4.78, 5) is 14.4. The van der Waals surface area contributed by atoms with E-state index in [2.05, 4.69) is 5.32 Å². The maximum atomic E-state index is 12.3. The molecule has 3 rings (SSSR count). The van der Waals surface area contributed by atoms with Gasteiger partial charge in [-0.15, -0.1) is 11.8 Å². The second kappa shape index (κ2) is 5.91. The van der Waals surface area contributed by atoms with Gasteiger partial charge in [0.15, 0.2) is 0 Å². The summed E-state index contributed by atoms with van der Waals surface area (Å²) >= 11 is 3.09. The number of fused-ring (bicyclic) bond motifs is 1. The van der Waals surface area contributed by atoms with Crippen molar-refractivity contribution in [2.45, 2.75) is 9.79 Å². The average Bonchev–Trinajstić information content (AvgIpc) is 2.53. The van der Waals surface area contributed by atoms with Gasteiger partial charge in [0.1, 0.15) is 5.75 Å². The van der Waals surface area contributed by atoms with Crippen molar-refractivity contribution in [3.63, 3.8) is 0 Å². The number of nitrogens with one attached hydrogen (secondary N) is 1. The Hall–Kier alpha value is -1.79. The smallest absolute Gasteiger partial charge is 0.336 e. The summed E-state index contributed by atoms with van der Waals surface area (Å²) in [6.07, 6.45) is 2.03. The molecule has 6 heteroatoms. The van der Waals surface area contributed by atoms with Crippen LogP contribution in [0.4, 0.5) is 16.2 Å². The van der Waals surface area contributed by atoms with Crippen LogP contribution in [0.1, 0.15) is 0 Å². The summed E-state index contributed by atoms with van der Waals surface area (Å²) in [6.45, 7) is 0. The molecule has 0 saturated heterocycles. The van der Waals surface area contributed by atoms with Gasteiger partial charge in [0.05, 0.1) is 23.4 Å². The molecular weight excluding hydrogens is 304 g/mol. The maximum absolute atomic E-state index is 12.3. The predicted molar refractivity (Wildman–Crippen MR) is 88.6 cm³/mol. The number of amides is 2. The lowest BCUT2D eigenvalue weighted by Gasteiger charge is -2.28. The highest BCUT2D eigenvalue weighted by molar-refractivity contribution is 8.01. The first-order valence-corrected chi connectivity index (χ1v) is 8.32. The second-order valence-corrected chi connectivity index (χ2v) is 6.24. The van der Waals surface area contributed by atoms with Crippen molar-refractivity contribution in [3.05, 3.63) is 42.5 Å². The van der Waals surface area contributed by atoms with Crippen molar-refractivity contribution < 1.29 is 9.53 Å². The van der Waals surface area contributed by atoms with Gasteiger partial charge in [-0.3, -0.25) is 0 Å². The van der Waals surface area contributed by atoms with E-state index >= 15 is 0 Å². The summed E-state index contributed by atoms with van der Waals surface area (Å²) < 4.78 is 6.83. The number of thioether (sulfide) groups is 1. The molecule has 4 nitrogen and oxygen atoms in total. The van der Waals surface area contributed by atoms with Crippen LogP contribution in [0.25, 0.3) is 0 Å². The predicted octanol–water partition coefficient (Wildman–Crippen LogP) is 4.48. The number of hydrogen-bond acceptors (Lipinski definition) is 4. The van der Waals surface area contributed by atoms with Gasteiger partial charge in [-0.05, 0) is 54.6 Å². The fraction of sp³-hybridized carbons (Fsp3) is 0.133. The molecule has 0 aromatic heterocycles. The zero-order valence-electron chi connectivity index (χ0n) is 11.6. The molecule has 1 heterocycles. The molecule has 1 aliphatic rings. The highest BCUT2D eigenvalue weighted by Gasteiger charge is 2.25.